The van der Waals surface area contributed by atoms with E-state index in [-0.39, 0.29) is 17.8 Å². The molecule has 1 N–H and O–H groups in total. The number of hydrogen-bond acceptors (Lipinski definition) is 5. The van der Waals surface area contributed by atoms with Crippen LogP contribution < -0.4 is 5.32 Å². The number of rotatable bonds is 6. The van der Waals surface area contributed by atoms with Gasteiger partial charge in [0, 0.05) is 47.6 Å². The number of Topliss-reactive ketones (excluding diaryl/α,β-unsaturated/α-hetero) is 1. The van der Waals surface area contributed by atoms with Gasteiger partial charge in [-0.25, -0.2) is 9.97 Å². The van der Waals surface area contributed by atoms with E-state index in [0.29, 0.717) is 23.6 Å². The Kier molecular flexibility index (Phi) is 6.10. The number of benzene rings is 2. The van der Waals surface area contributed by atoms with E-state index in [1.165, 1.54) is 12.1 Å². The summed E-state index contributed by atoms with van der Waals surface area (Å²) in [5.74, 6) is 0.805. The molecule has 0 radical (unpaired) electrons. The highest BCUT2D eigenvalue weighted by Gasteiger charge is 2.30. The van der Waals surface area contributed by atoms with E-state index in [4.69, 9.17) is 4.98 Å². The Bertz CT molecular complexity index is 1480. The third kappa shape index (κ3) is 4.88. The number of aromatic nitrogens is 3. The minimum Gasteiger partial charge on any atom is -0.339 e. The molecule has 8 heteroatoms. The van der Waals surface area contributed by atoms with Crippen molar-refractivity contribution in [1.82, 2.24) is 15.0 Å². The maximum absolute atomic E-state index is 13.1. The average Bonchev–Trinajstić information content (AvgIpc) is 3.35. The predicted octanol–water partition coefficient (Wildman–Crippen LogP) is 6.60. The zero-order valence-corrected chi connectivity index (χ0v) is 19.3. The lowest BCUT2D eigenvalue weighted by Crippen LogP contribution is -2.09. The zero-order chi connectivity index (χ0) is 25.3. The van der Waals surface area contributed by atoms with E-state index >= 15 is 0 Å². The Balaban J connectivity index is 1.43. The normalized spacial score (nSPS) is 12.4. The summed E-state index contributed by atoms with van der Waals surface area (Å²) in [6, 6.07) is 13.7. The molecule has 1 aliphatic rings. The smallest absolute Gasteiger partial charge is 0.339 e. The summed E-state index contributed by atoms with van der Waals surface area (Å²) in [7, 11) is 0. The second-order valence-corrected chi connectivity index (χ2v) is 8.56. The number of ketones is 1. The molecule has 0 aliphatic heterocycles. The molecular formula is C28H21F3N4O. The number of carbonyl (C=O) groups excluding carboxylic acids is 1. The van der Waals surface area contributed by atoms with Crippen LogP contribution in [0.3, 0.4) is 0 Å². The van der Waals surface area contributed by atoms with Crippen molar-refractivity contribution in [3.05, 3.63) is 107 Å². The molecule has 1 aliphatic carbocycles. The number of alkyl halides is 3. The average molecular weight is 486 g/mol. The molecule has 0 saturated heterocycles. The van der Waals surface area contributed by atoms with E-state index in [2.05, 4.69) is 15.3 Å². The summed E-state index contributed by atoms with van der Waals surface area (Å²) in [5.41, 5.74) is 4.15. The molecule has 2 heterocycles. The van der Waals surface area contributed by atoms with E-state index in [0.717, 1.165) is 40.2 Å². The van der Waals surface area contributed by atoms with Crippen molar-refractivity contribution in [3.8, 4) is 11.4 Å². The Morgan fingerprint density at radius 3 is 2.69 bits per heavy atom. The number of nitrogens with one attached hydrogen (secondary N) is 1. The Morgan fingerprint density at radius 2 is 1.92 bits per heavy atom. The van der Waals surface area contributed by atoms with Gasteiger partial charge in [0.25, 0.3) is 0 Å². The van der Waals surface area contributed by atoms with Gasteiger partial charge in [0.1, 0.15) is 5.82 Å². The van der Waals surface area contributed by atoms with Crippen molar-refractivity contribution < 1.29 is 18.0 Å². The topological polar surface area (TPSA) is 67.8 Å². The molecule has 0 spiro atoms. The van der Waals surface area contributed by atoms with Crippen molar-refractivity contribution in [1.29, 1.82) is 0 Å². The predicted molar refractivity (Wildman–Crippen MR) is 132 cm³/mol. The summed E-state index contributed by atoms with van der Waals surface area (Å²) in [5, 5.41) is 3.38. The van der Waals surface area contributed by atoms with Crippen molar-refractivity contribution >= 4 is 23.4 Å². The minimum absolute atomic E-state index is 0.0276. The summed E-state index contributed by atoms with van der Waals surface area (Å²) >= 11 is 0. The van der Waals surface area contributed by atoms with Crippen LogP contribution in [-0.2, 0) is 19.0 Å². The fourth-order valence-electron chi connectivity index (χ4n) is 4.05. The molecule has 0 atom stereocenters. The summed E-state index contributed by atoms with van der Waals surface area (Å²) in [4.78, 5) is 26.4. The fraction of sp³-hybridized carbons (Fsp3) is 0.143. The van der Waals surface area contributed by atoms with Crippen LogP contribution in [-0.4, -0.2) is 20.7 Å². The highest BCUT2D eigenvalue weighted by Crippen LogP contribution is 2.32. The fourth-order valence-corrected chi connectivity index (χ4v) is 4.05. The number of pyridine rings is 1. The standard InChI is InChI=1S/C28H21F3N4O/c1-17-10-11-18(14-25(36)19-5-2-7-21(15-19)28(29,30)31)13-24(17)34-27-22-8-3-9-23(22)33-26(35-27)20-6-4-12-32-16-20/h2-8,10-13,15-16H,9,14H2,1H3,(H,33,34,35). The second kappa shape index (κ2) is 9.37. The van der Waals surface area contributed by atoms with Crippen LogP contribution in [0.5, 0.6) is 0 Å². The first-order chi connectivity index (χ1) is 17.3. The molecule has 5 nitrogen and oxygen atoms in total. The van der Waals surface area contributed by atoms with Gasteiger partial charge in [-0.3, -0.25) is 9.78 Å². The largest absolute Gasteiger partial charge is 0.416 e. The van der Waals surface area contributed by atoms with Gasteiger partial charge < -0.3 is 5.32 Å². The molecular weight excluding hydrogens is 465 g/mol. The van der Waals surface area contributed by atoms with Gasteiger partial charge in [0.15, 0.2) is 11.6 Å². The van der Waals surface area contributed by atoms with Crippen LogP contribution in [0.15, 0.2) is 73.1 Å². The van der Waals surface area contributed by atoms with Crippen molar-refractivity contribution in [2.75, 3.05) is 5.32 Å². The molecule has 180 valence electrons. The van der Waals surface area contributed by atoms with Crippen LogP contribution in [0.25, 0.3) is 17.5 Å². The van der Waals surface area contributed by atoms with Gasteiger partial charge in [-0.15, -0.1) is 0 Å². The summed E-state index contributed by atoms with van der Waals surface area (Å²) in [6.07, 6.45) is 3.56. The number of fused-ring (bicyclic) bond motifs is 1. The molecule has 2 aromatic carbocycles. The highest BCUT2D eigenvalue weighted by atomic mass is 19.4. The summed E-state index contributed by atoms with van der Waals surface area (Å²) in [6.45, 7) is 1.93. The van der Waals surface area contributed by atoms with Gasteiger partial charge in [0.2, 0.25) is 0 Å². The lowest BCUT2D eigenvalue weighted by molar-refractivity contribution is -0.137. The number of allylic oxidation sites excluding steroid dienone is 1. The first-order valence-electron chi connectivity index (χ1n) is 11.3. The molecule has 2 aromatic heterocycles. The first kappa shape index (κ1) is 23.4. The number of hydrogen-bond donors (Lipinski definition) is 1. The van der Waals surface area contributed by atoms with Crippen molar-refractivity contribution in [3.63, 3.8) is 0 Å². The maximum Gasteiger partial charge on any atom is 0.416 e. The van der Waals surface area contributed by atoms with Gasteiger partial charge in [-0.2, -0.15) is 13.2 Å². The van der Waals surface area contributed by atoms with Gasteiger partial charge in [-0.05, 0) is 48.4 Å². The van der Waals surface area contributed by atoms with Gasteiger partial charge in [0.05, 0.1) is 11.3 Å². The first-order valence-corrected chi connectivity index (χ1v) is 11.3. The van der Waals surface area contributed by atoms with Crippen LogP contribution in [0.4, 0.5) is 24.7 Å². The quantitative estimate of drug-likeness (QED) is 0.311. The number of anilines is 2. The van der Waals surface area contributed by atoms with E-state index in [9.17, 15) is 18.0 Å². The number of carbonyl (C=O) groups is 1. The summed E-state index contributed by atoms with van der Waals surface area (Å²) < 4.78 is 39.2. The lowest BCUT2D eigenvalue weighted by atomic mass is 9.99. The van der Waals surface area contributed by atoms with Crippen LogP contribution in [0, 0.1) is 6.92 Å². The van der Waals surface area contributed by atoms with Crippen LogP contribution >= 0.6 is 0 Å². The second-order valence-electron chi connectivity index (χ2n) is 8.56. The monoisotopic (exact) mass is 486 g/mol. The highest BCUT2D eigenvalue weighted by molar-refractivity contribution is 5.97. The maximum atomic E-state index is 13.1. The SMILES string of the molecule is Cc1ccc(CC(=O)c2cccc(C(F)(F)F)c2)cc1Nc1nc(-c2cccnc2)nc2c1C=CC2. The van der Waals surface area contributed by atoms with Gasteiger partial charge >= 0.3 is 6.18 Å². The number of halogens is 3. The molecule has 0 saturated carbocycles. The molecule has 0 amide bonds. The third-order valence-electron chi connectivity index (χ3n) is 5.97. The van der Waals surface area contributed by atoms with Crippen LogP contribution in [0.2, 0.25) is 0 Å². The molecule has 4 aromatic rings. The minimum atomic E-state index is -4.50. The van der Waals surface area contributed by atoms with Crippen LogP contribution in [0.1, 0.15) is 38.3 Å². The lowest BCUT2D eigenvalue weighted by Gasteiger charge is -2.15. The number of nitrogens with zero attached hydrogens (tertiary/aromatic N) is 3. The Morgan fingerprint density at radius 1 is 1.06 bits per heavy atom. The molecule has 0 bridgehead atoms. The Hall–Kier alpha value is -4.33. The Labute approximate surface area is 205 Å². The van der Waals surface area contributed by atoms with E-state index < -0.39 is 11.7 Å². The van der Waals surface area contributed by atoms with Gasteiger partial charge in [-0.1, -0.05) is 36.4 Å². The number of aryl methyl sites for hydroxylation is 1. The third-order valence-corrected chi connectivity index (χ3v) is 5.97. The zero-order valence-electron chi connectivity index (χ0n) is 19.3. The van der Waals surface area contributed by atoms with E-state index in [1.54, 1.807) is 18.5 Å². The van der Waals surface area contributed by atoms with E-state index in [1.807, 2.05) is 43.3 Å². The molecule has 36 heavy (non-hydrogen) atoms. The van der Waals surface area contributed by atoms with Crippen molar-refractivity contribution in [2.45, 2.75) is 25.9 Å². The molecule has 5 rings (SSSR count). The molecule has 0 unspecified atom stereocenters. The molecule has 0 fully saturated rings. The van der Waals surface area contributed by atoms with Crippen molar-refractivity contribution in [2.24, 2.45) is 0 Å².